The third kappa shape index (κ3) is 19.7. The summed E-state index contributed by atoms with van der Waals surface area (Å²) in [6.45, 7) is 0. The molecule has 0 aliphatic carbocycles. The van der Waals surface area contributed by atoms with Gasteiger partial charge in [0.2, 0.25) is 0 Å². The van der Waals surface area contributed by atoms with Crippen molar-refractivity contribution in [1.29, 1.82) is 0 Å². The quantitative estimate of drug-likeness (QED) is 0.316. The standard InChI is InChI=1S/Ga.GeH4.In.2H3P.6H/h;1H4;;2*1H3;;;;;;. The van der Waals surface area contributed by atoms with E-state index in [4.69, 9.17) is 0 Å². The molecule has 0 amide bonds. The average molecular weight is 335 g/mol. The Morgan fingerprint density at radius 2 is 0.800 bits per heavy atom. The minimum atomic E-state index is 0. The third-order valence-corrected chi connectivity index (χ3v) is 0. The fraction of sp³-hybridized carbons (Fsp3) is 0. The molecule has 0 aromatic carbocycles. The van der Waals surface area contributed by atoms with Crippen LogP contribution in [0.25, 0.3) is 0 Å². The van der Waals surface area contributed by atoms with E-state index in [-0.39, 0.29) is 83.0 Å². The second kappa shape index (κ2) is 28.5. The molecule has 5 heteroatoms. The number of rotatable bonds is 0. The molecule has 36 valence electrons. The average Bonchev–Trinajstić information content (AvgIpc) is 0. The van der Waals surface area contributed by atoms with E-state index in [1.807, 2.05) is 0 Å². The van der Waals surface area contributed by atoms with Crippen LogP contribution in [-0.2, 0) is 0 Å². The predicted octanol–water partition coefficient (Wildman–Crippen LogP) is -3.70. The molecule has 0 saturated carbocycles. The summed E-state index contributed by atoms with van der Waals surface area (Å²) in [5, 5.41) is 0. The summed E-state index contributed by atoms with van der Waals surface area (Å²) in [6.07, 6.45) is 0. The monoisotopic (exact) mass is 336 g/mol. The van der Waals surface area contributed by atoms with Gasteiger partial charge in [0, 0.05) is 0 Å². The van der Waals surface area contributed by atoms with E-state index in [1.54, 1.807) is 0 Å². The molecule has 0 N–H and O–H groups in total. The van der Waals surface area contributed by atoms with Gasteiger partial charge in [-0.2, -0.15) is 19.8 Å². The Hall–Kier alpha value is 2.91. The number of hydrogen-bond acceptors (Lipinski definition) is 0. The van der Waals surface area contributed by atoms with Crippen LogP contribution in [0.5, 0.6) is 0 Å². The van der Waals surface area contributed by atoms with Gasteiger partial charge >= 0.3 is 63.2 Å². The van der Waals surface area contributed by atoms with Crippen molar-refractivity contribution in [2.24, 2.45) is 0 Å². The second-order valence-electron chi connectivity index (χ2n) is 0. The van der Waals surface area contributed by atoms with Crippen molar-refractivity contribution in [2.45, 2.75) is 0 Å². The second-order valence-corrected chi connectivity index (χ2v) is 0. The van der Waals surface area contributed by atoms with Crippen LogP contribution >= 0.6 is 19.8 Å². The van der Waals surface area contributed by atoms with Crippen molar-refractivity contribution in [2.75, 3.05) is 0 Å². The first kappa shape index (κ1) is 44.6. The van der Waals surface area contributed by atoms with Gasteiger partial charge in [0.1, 0.15) is 0 Å². The Bertz CT molecular complexity index is 9.61. The van der Waals surface area contributed by atoms with Crippen LogP contribution in [0.4, 0.5) is 0 Å². The Morgan fingerprint density at radius 3 is 0.800 bits per heavy atom. The number of hydrogen-bond donors (Lipinski definition) is 0. The van der Waals surface area contributed by atoms with Gasteiger partial charge in [-0.1, -0.05) is 0 Å². The fourth-order valence-corrected chi connectivity index (χ4v) is 0. The molecule has 0 saturated heterocycles. The van der Waals surface area contributed by atoms with Gasteiger partial charge in [-0.25, -0.2) is 0 Å². The summed E-state index contributed by atoms with van der Waals surface area (Å²) >= 11 is 0. The molecule has 0 rings (SSSR count). The van der Waals surface area contributed by atoms with Crippen molar-refractivity contribution in [3.63, 3.8) is 0 Å². The van der Waals surface area contributed by atoms with Crippen molar-refractivity contribution < 1.29 is 0 Å². The van der Waals surface area contributed by atoms with E-state index in [2.05, 4.69) is 0 Å². The molecule has 0 aromatic heterocycles. The molecule has 0 nitrogen and oxygen atoms in total. The Kier molecular flexibility index (Phi) is 254. The first-order chi connectivity index (χ1) is 0. The summed E-state index contributed by atoms with van der Waals surface area (Å²) in [5.41, 5.74) is 0. The first-order valence-corrected chi connectivity index (χ1v) is 0. The molecule has 2 atom stereocenters. The van der Waals surface area contributed by atoms with Crippen molar-refractivity contribution in [3.05, 3.63) is 0 Å². The normalized spacial score (nSPS) is 0. The Labute approximate surface area is 82.1 Å². The van der Waals surface area contributed by atoms with Crippen LogP contribution < -0.4 is 0 Å². The predicted molar refractivity (Wildman–Crippen MR) is 53.4 cm³/mol. The summed E-state index contributed by atoms with van der Waals surface area (Å²) in [7, 11) is 0. The summed E-state index contributed by atoms with van der Waals surface area (Å²) in [4.78, 5) is 0. The van der Waals surface area contributed by atoms with Gasteiger partial charge < -0.3 is 0 Å². The molecular formula is H16GaGeInP2. The Balaban J connectivity index is 0. The summed E-state index contributed by atoms with van der Waals surface area (Å²) in [6, 6.07) is 0. The van der Waals surface area contributed by atoms with Crippen LogP contribution in [0, 0.1) is 0 Å². The molecule has 0 aliphatic rings. The molecule has 0 aliphatic heterocycles. The van der Waals surface area contributed by atoms with Gasteiger partial charge in [0.15, 0.2) is 0 Å². The molecule has 0 heterocycles. The van der Waals surface area contributed by atoms with Crippen LogP contribution in [0.15, 0.2) is 0 Å². The zero-order valence-electron chi connectivity index (χ0n) is 1.41. The molecule has 0 spiro atoms. The summed E-state index contributed by atoms with van der Waals surface area (Å²) < 4.78 is 0. The summed E-state index contributed by atoms with van der Waals surface area (Å²) in [5.74, 6) is 0. The molecule has 0 bridgehead atoms. The topological polar surface area (TPSA) is 0 Å². The molecular weight excluding hydrogens is 319 g/mol. The van der Waals surface area contributed by atoms with E-state index < -0.39 is 0 Å². The van der Waals surface area contributed by atoms with E-state index in [0.29, 0.717) is 0 Å². The van der Waals surface area contributed by atoms with Gasteiger partial charge in [0.25, 0.3) is 0 Å². The maximum atomic E-state index is 0. The van der Waals surface area contributed by atoms with Gasteiger partial charge in [-0.05, 0) is 0 Å². The first-order valence-electron chi connectivity index (χ1n) is 0. The van der Waals surface area contributed by atoms with Crippen LogP contribution in [0.3, 0.4) is 0 Å². The van der Waals surface area contributed by atoms with Gasteiger partial charge in [0.05, 0.1) is 0 Å². The van der Waals surface area contributed by atoms with Crippen LogP contribution in [-0.4, -0.2) is 63.2 Å². The zero-order chi connectivity index (χ0) is 0. The maximum absolute atomic E-state index is 0. The van der Waals surface area contributed by atoms with Crippen molar-refractivity contribution >= 4 is 83.0 Å². The molecule has 2 unspecified atom stereocenters. The van der Waals surface area contributed by atoms with E-state index in [0.717, 1.165) is 0 Å². The fourth-order valence-electron chi connectivity index (χ4n) is 0. The zero-order valence-corrected chi connectivity index (χ0v) is 4.24. The Morgan fingerprint density at radius 1 is 0.800 bits per heavy atom. The van der Waals surface area contributed by atoms with Crippen molar-refractivity contribution in [1.82, 2.24) is 0 Å². The van der Waals surface area contributed by atoms with Crippen molar-refractivity contribution in [3.8, 4) is 0 Å². The molecule has 0 radical (unpaired) electrons. The van der Waals surface area contributed by atoms with E-state index in [1.165, 1.54) is 0 Å². The van der Waals surface area contributed by atoms with Gasteiger partial charge in [-0.15, -0.1) is 0 Å². The van der Waals surface area contributed by atoms with E-state index in [9.17, 15) is 0 Å². The SMILES string of the molecule is P.P.[GaH3].[GeH4].[InH3]. The van der Waals surface area contributed by atoms with Gasteiger partial charge in [-0.3, -0.25) is 0 Å². The van der Waals surface area contributed by atoms with Crippen LogP contribution in [0.2, 0.25) is 0 Å². The minimum absolute atomic E-state index is 0. The molecule has 5 heavy (non-hydrogen) atoms. The molecule has 0 aromatic rings. The third-order valence-electron chi connectivity index (χ3n) is 0. The van der Waals surface area contributed by atoms with Crippen LogP contribution in [0.1, 0.15) is 0 Å². The van der Waals surface area contributed by atoms with E-state index >= 15 is 0 Å². The molecule has 0 fully saturated rings.